The van der Waals surface area contributed by atoms with Crippen LogP contribution in [0.15, 0.2) is 54.7 Å². The molecule has 0 radical (unpaired) electrons. The first-order valence-electron chi connectivity index (χ1n) is 21.5. The Hall–Kier alpha value is -5.72. The average molecular weight is 873 g/mol. The van der Waals surface area contributed by atoms with Gasteiger partial charge in [-0.2, -0.15) is 18.3 Å². The summed E-state index contributed by atoms with van der Waals surface area (Å²) in [6.07, 6.45) is 3.78. The minimum absolute atomic E-state index is 0.0632. The fourth-order valence-corrected chi connectivity index (χ4v) is 9.18. The SMILES string of the molecule is CN(CCCOC1CC(Nc2cccc3c2C(=O)N(C2CCC(=O)NC2=O)C3=O)C1)CC1CCC(n2cc3cc(NC(=O)c4cccc(C(F)(F)F)n4)c(C(C)(C)O)cc3n2)CC1. The highest BCUT2D eigenvalue weighted by Gasteiger charge is 2.46. The van der Waals surface area contributed by atoms with Gasteiger partial charge in [0.1, 0.15) is 17.4 Å². The fraction of sp³-hybridized carbons (Fsp3) is 0.489. The van der Waals surface area contributed by atoms with Crippen molar-refractivity contribution in [3.63, 3.8) is 0 Å². The number of pyridine rings is 1. The van der Waals surface area contributed by atoms with Crippen molar-refractivity contribution >= 4 is 51.8 Å². The summed E-state index contributed by atoms with van der Waals surface area (Å²) in [5.74, 6) is -2.42. The molecule has 8 rings (SSSR count). The Kier molecular flexibility index (Phi) is 12.2. The molecule has 4 heterocycles. The van der Waals surface area contributed by atoms with Crippen LogP contribution in [0.5, 0.6) is 0 Å². The van der Waals surface area contributed by atoms with Crippen LogP contribution in [-0.2, 0) is 26.1 Å². The highest BCUT2D eigenvalue weighted by molar-refractivity contribution is 6.25. The summed E-state index contributed by atoms with van der Waals surface area (Å²) >= 11 is 0. The number of piperidine rings is 1. The number of carbonyl (C=O) groups excluding carboxylic acids is 5. The summed E-state index contributed by atoms with van der Waals surface area (Å²) in [5, 5.41) is 24.8. The van der Waals surface area contributed by atoms with Gasteiger partial charge >= 0.3 is 6.18 Å². The molecule has 18 heteroatoms. The molecule has 2 aromatic carbocycles. The first-order chi connectivity index (χ1) is 29.9. The maximum Gasteiger partial charge on any atom is 0.433 e. The Morgan fingerprint density at radius 1 is 0.984 bits per heavy atom. The van der Waals surface area contributed by atoms with Gasteiger partial charge in [0, 0.05) is 60.7 Å². The molecule has 2 aromatic heterocycles. The Bertz CT molecular complexity index is 2430. The number of nitrogens with one attached hydrogen (secondary N) is 3. The summed E-state index contributed by atoms with van der Waals surface area (Å²) in [5.41, 5.74) is -0.635. The Labute approximate surface area is 361 Å². The zero-order valence-electron chi connectivity index (χ0n) is 35.3. The minimum Gasteiger partial charge on any atom is -0.386 e. The number of anilines is 2. The van der Waals surface area contributed by atoms with Crippen LogP contribution in [0.4, 0.5) is 24.5 Å². The molecule has 1 unspecified atom stereocenters. The molecule has 334 valence electrons. The van der Waals surface area contributed by atoms with E-state index in [1.165, 1.54) is 6.07 Å². The summed E-state index contributed by atoms with van der Waals surface area (Å²) < 4.78 is 47.9. The molecule has 3 fully saturated rings. The second-order valence-electron chi connectivity index (χ2n) is 17.8. The maximum absolute atomic E-state index is 13.4. The van der Waals surface area contributed by atoms with E-state index in [9.17, 15) is 42.3 Å². The monoisotopic (exact) mass is 872 g/mol. The van der Waals surface area contributed by atoms with Crippen LogP contribution in [0.25, 0.3) is 10.9 Å². The van der Waals surface area contributed by atoms with Crippen molar-refractivity contribution in [2.24, 2.45) is 5.92 Å². The number of benzene rings is 2. The number of aromatic nitrogens is 3. The molecule has 15 nitrogen and oxygen atoms in total. The standard InChI is InChI=1S/C45H51F3N8O7/c1-44(2,62)31-22-34-26(19-35(31)51-40(58)33-9-5-10-37(50-33)45(46,47)48)24-55(53-34)28-13-11-25(12-14-28)23-54(3)17-6-18-63-29-20-27(21-29)49-32-8-4-7-30-39(32)43(61)56(42(30)60)36-15-16-38(57)52-41(36)59/h4-5,7-10,19,22,24-25,27-29,36,49,62H,6,11-18,20-21,23H2,1-3H3,(H,51,58)(H,52,57,59). The van der Waals surface area contributed by atoms with E-state index in [4.69, 9.17) is 9.84 Å². The van der Waals surface area contributed by atoms with Crippen molar-refractivity contribution in [1.82, 2.24) is 29.9 Å². The Balaban J connectivity index is 0.768. The number of rotatable bonds is 14. The van der Waals surface area contributed by atoms with E-state index >= 15 is 0 Å². The number of carbonyl (C=O) groups is 5. The van der Waals surface area contributed by atoms with Crippen LogP contribution < -0.4 is 16.0 Å². The van der Waals surface area contributed by atoms with Gasteiger partial charge < -0.3 is 25.4 Å². The summed E-state index contributed by atoms with van der Waals surface area (Å²) in [6.45, 7) is 5.61. The molecule has 4 N–H and O–H groups in total. The number of imide groups is 2. The van der Waals surface area contributed by atoms with E-state index < -0.39 is 58.7 Å². The Morgan fingerprint density at radius 3 is 2.44 bits per heavy atom. The first kappa shape index (κ1) is 43.9. The molecule has 0 bridgehead atoms. The molecule has 5 amide bonds. The number of ether oxygens (including phenoxy) is 1. The lowest BCUT2D eigenvalue weighted by Crippen LogP contribution is -2.54. The zero-order chi connectivity index (χ0) is 44.8. The van der Waals surface area contributed by atoms with Crippen LogP contribution in [0.3, 0.4) is 0 Å². The van der Waals surface area contributed by atoms with Gasteiger partial charge in [0.2, 0.25) is 11.8 Å². The fourth-order valence-electron chi connectivity index (χ4n) is 9.18. The van der Waals surface area contributed by atoms with E-state index in [0.29, 0.717) is 29.3 Å². The largest absolute Gasteiger partial charge is 0.433 e. The van der Waals surface area contributed by atoms with Crippen molar-refractivity contribution in [3.8, 4) is 0 Å². The maximum atomic E-state index is 13.4. The van der Waals surface area contributed by atoms with Crippen molar-refractivity contribution in [2.45, 2.75) is 108 Å². The number of halogens is 3. The van der Waals surface area contributed by atoms with E-state index in [2.05, 4.69) is 32.9 Å². The predicted octanol–water partition coefficient (Wildman–Crippen LogP) is 6.04. The number of nitrogens with zero attached hydrogens (tertiary/aromatic N) is 5. The van der Waals surface area contributed by atoms with Crippen LogP contribution >= 0.6 is 0 Å². The molecule has 63 heavy (non-hydrogen) atoms. The second kappa shape index (κ2) is 17.4. The first-order valence-corrected chi connectivity index (χ1v) is 21.5. The molecule has 2 aliphatic carbocycles. The molecule has 0 spiro atoms. The lowest BCUT2D eigenvalue weighted by Gasteiger charge is -2.36. The third-order valence-corrected chi connectivity index (χ3v) is 12.6. The third kappa shape index (κ3) is 9.48. The van der Waals surface area contributed by atoms with Crippen molar-refractivity contribution in [1.29, 1.82) is 0 Å². The molecule has 2 saturated carbocycles. The molecule has 1 saturated heterocycles. The smallest absolute Gasteiger partial charge is 0.386 e. The van der Waals surface area contributed by atoms with Gasteiger partial charge in [-0.05, 0) is 115 Å². The topological polar surface area (TPSA) is 188 Å². The molecular formula is C45H51F3N8O7. The van der Waals surface area contributed by atoms with Gasteiger partial charge in [-0.1, -0.05) is 12.1 Å². The summed E-state index contributed by atoms with van der Waals surface area (Å²) in [7, 11) is 2.13. The third-order valence-electron chi connectivity index (χ3n) is 12.6. The van der Waals surface area contributed by atoms with Crippen molar-refractivity contribution < 1.29 is 47.0 Å². The second-order valence-corrected chi connectivity index (χ2v) is 17.8. The minimum atomic E-state index is -4.70. The predicted molar refractivity (Wildman–Crippen MR) is 225 cm³/mol. The number of hydrogen-bond donors (Lipinski definition) is 4. The molecule has 4 aromatic rings. The summed E-state index contributed by atoms with van der Waals surface area (Å²) in [4.78, 5) is 70.6. The lowest BCUT2D eigenvalue weighted by molar-refractivity contribution is -0.141. The van der Waals surface area contributed by atoms with E-state index in [0.717, 1.165) is 80.5 Å². The number of hydrogen-bond acceptors (Lipinski definition) is 11. The van der Waals surface area contributed by atoms with Crippen molar-refractivity contribution in [3.05, 3.63) is 82.8 Å². The van der Waals surface area contributed by atoms with E-state index in [-0.39, 0.29) is 47.8 Å². The highest BCUT2D eigenvalue weighted by atomic mass is 19.4. The Morgan fingerprint density at radius 2 is 1.73 bits per heavy atom. The van der Waals surface area contributed by atoms with Crippen LogP contribution in [-0.4, -0.2) is 104 Å². The number of alkyl halides is 3. The molecule has 4 aliphatic rings. The van der Waals surface area contributed by atoms with Gasteiger partial charge in [-0.3, -0.25) is 38.9 Å². The van der Waals surface area contributed by atoms with Gasteiger partial charge in [0.05, 0.1) is 34.4 Å². The lowest BCUT2D eigenvalue weighted by atomic mass is 9.86. The summed E-state index contributed by atoms with van der Waals surface area (Å²) in [6, 6.07) is 10.8. The van der Waals surface area contributed by atoms with Gasteiger partial charge in [0.25, 0.3) is 17.7 Å². The zero-order valence-corrected chi connectivity index (χ0v) is 35.3. The normalized spacial score (nSPS) is 22.9. The van der Waals surface area contributed by atoms with Crippen molar-refractivity contribution in [2.75, 3.05) is 37.4 Å². The van der Waals surface area contributed by atoms with Crippen LogP contribution in [0.2, 0.25) is 0 Å². The van der Waals surface area contributed by atoms with E-state index in [1.54, 1.807) is 44.2 Å². The molecule has 2 aliphatic heterocycles. The van der Waals surface area contributed by atoms with Gasteiger partial charge in [-0.25, -0.2) is 4.98 Å². The number of amides is 5. The highest BCUT2D eigenvalue weighted by Crippen LogP contribution is 2.38. The number of aliphatic hydroxyl groups is 1. The average Bonchev–Trinajstić information content (AvgIpc) is 3.75. The quantitative estimate of drug-likeness (QED) is 0.0854. The van der Waals surface area contributed by atoms with E-state index in [1.807, 2.05) is 10.9 Å². The number of fused-ring (bicyclic) bond motifs is 2. The van der Waals surface area contributed by atoms with Crippen LogP contribution in [0, 0.1) is 5.92 Å². The molecule has 1 atom stereocenters. The van der Waals surface area contributed by atoms with Crippen LogP contribution in [0.1, 0.15) is 120 Å². The molecular weight excluding hydrogens is 822 g/mol. The van der Waals surface area contributed by atoms with Gasteiger partial charge in [-0.15, -0.1) is 0 Å². The van der Waals surface area contributed by atoms with Gasteiger partial charge in [0.15, 0.2) is 0 Å².